The molecule has 0 fully saturated rings. The number of ether oxygens (including phenoxy) is 4. The van der Waals surface area contributed by atoms with Gasteiger partial charge in [0.15, 0.2) is 23.0 Å². The van der Waals surface area contributed by atoms with Crippen LogP contribution in [-0.4, -0.2) is 57.7 Å². The molecule has 49 heavy (non-hydrogen) atoms. The number of anilines is 1. The summed E-state index contributed by atoms with van der Waals surface area (Å²) in [6.07, 6.45) is 0. The molecule has 4 aromatic carbocycles. The molecule has 7 rings (SSSR count). The van der Waals surface area contributed by atoms with Gasteiger partial charge in [0.05, 0.1) is 32.0 Å². The number of carbonyl (C=O) groups is 2. The maximum atomic E-state index is 14.5. The third-order valence-corrected chi connectivity index (χ3v) is 9.03. The first kappa shape index (κ1) is 31.9. The second-order valence-corrected chi connectivity index (χ2v) is 12.3. The van der Waals surface area contributed by atoms with Gasteiger partial charge in [-0.1, -0.05) is 47.1 Å². The van der Waals surface area contributed by atoms with E-state index in [0.717, 1.165) is 11.3 Å². The van der Waals surface area contributed by atoms with Crippen LogP contribution in [0.5, 0.6) is 23.0 Å². The molecule has 0 spiro atoms. The predicted molar refractivity (Wildman–Crippen MR) is 184 cm³/mol. The van der Waals surface area contributed by atoms with Gasteiger partial charge < -0.3 is 29.2 Å². The second kappa shape index (κ2) is 13.8. The molecule has 0 bridgehead atoms. The quantitative estimate of drug-likeness (QED) is 0.164. The lowest BCUT2D eigenvalue weighted by atomic mass is 10.0. The Labute approximate surface area is 289 Å². The Morgan fingerprint density at radius 3 is 2.59 bits per heavy atom. The number of thiazole rings is 1. The molecule has 2 aromatic heterocycles. The lowest BCUT2D eigenvalue weighted by Crippen LogP contribution is -2.42. The highest BCUT2D eigenvalue weighted by Crippen LogP contribution is 2.37. The van der Waals surface area contributed by atoms with E-state index in [1.807, 2.05) is 41.8 Å². The first-order valence-corrected chi connectivity index (χ1v) is 16.4. The molecular formula is C35H29ClN6O6S. The van der Waals surface area contributed by atoms with Crippen LogP contribution < -0.4 is 24.3 Å². The number of methoxy groups -OCH3 is 2. The van der Waals surface area contributed by atoms with Crippen LogP contribution in [0.15, 0.2) is 90.3 Å². The summed E-state index contributed by atoms with van der Waals surface area (Å²) in [4.78, 5) is 35.3. The van der Waals surface area contributed by atoms with E-state index in [9.17, 15) is 9.59 Å². The maximum Gasteiger partial charge on any atom is 0.251 e. The molecule has 1 aliphatic rings. The minimum absolute atomic E-state index is 0.0112. The smallest absolute Gasteiger partial charge is 0.251 e. The Morgan fingerprint density at radius 2 is 1.78 bits per heavy atom. The lowest BCUT2D eigenvalue weighted by Gasteiger charge is -2.31. The number of fused-ring (bicyclic) bond motifs is 2. The van der Waals surface area contributed by atoms with E-state index >= 15 is 0 Å². The molecule has 12 nitrogen and oxygen atoms in total. The molecule has 1 aliphatic heterocycles. The van der Waals surface area contributed by atoms with Gasteiger partial charge in [-0.3, -0.25) is 9.59 Å². The van der Waals surface area contributed by atoms with E-state index in [0.29, 0.717) is 55.3 Å². The van der Waals surface area contributed by atoms with Crippen molar-refractivity contribution < 1.29 is 28.5 Å². The standard InChI is InChI=1S/C35H29ClN6O6S/c1-45-28-13-9-22(15-30(28)46-2)34(35(44)37-24-12-14-29-31(16-24)48-20-47-29)41(33(43)18-42-27-6-4-3-5-25(27)39-40-42)17-32-38-26(19-49-32)21-7-10-23(36)11-8-21/h3-16,19,34H,17-18,20H2,1-2H3,(H,37,44). The molecule has 14 heteroatoms. The molecule has 0 radical (unpaired) electrons. The van der Waals surface area contributed by atoms with Gasteiger partial charge in [-0.25, -0.2) is 9.67 Å². The molecule has 1 N–H and O–H groups in total. The topological polar surface area (TPSA) is 130 Å². The zero-order chi connectivity index (χ0) is 33.9. The first-order valence-electron chi connectivity index (χ1n) is 15.1. The number of aromatic nitrogens is 4. The van der Waals surface area contributed by atoms with Crippen molar-refractivity contribution in [2.75, 3.05) is 26.3 Å². The summed E-state index contributed by atoms with van der Waals surface area (Å²) < 4.78 is 23.6. The third-order valence-electron chi connectivity index (χ3n) is 7.95. The number of halogens is 1. The number of amides is 2. The van der Waals surface area contributed by atoms with Gasteiger partial charge in [0.2, 0.25) is 12.7 Å². The normalized spacial score (nSPS) is 12.5. The van der Waals surface area contributed by atoms with Gasteiger partial charge in [0.25, 0.3) is 5.91 Å². The average Bonchev–Trinajstić information content (AvgIpc) is 3.89. The fourth-order valence-electron chi connectivity index (χ4n) is 5.54. The molecule has 0 saturated heterocycles. The monoisotopic (exact) mass is 696 g/mol. The van der Waals surface area contributed by atoms with Crippen LogP contribution in [0.1, 0.15) is 16.6 Å². The number of benzene rings is 4. The highest BCUT2D eigenvalue weighted by Gasteiger charge is 2.34. The van der Waals surface area contributed by atoms with Gasteiger partial charge in [-0.15, -0.1) is 16.4 Å². The molecule has 1 unspecified atom stereocenters. The summed E-state index contributed by atoms with van der Waals surface area (Å²) >= 11 is 7.49. The summed E-state index contributed by atoms with van der Waals surface area (Å²) in [5, 5.41) is 14.6. The molecule has 1 atom stereocenters. The summed E-state index contributed by atoms with van der Waals surface area (Å²) in [5.41, 5.74) is 3.87. The van der Waals surface area contributed by atoms with E-state index < -0.39 is 11.9 Å². The van der Waals surface area contributed by atoms with Gasteiger partial charge >= 0.3 is 0 Å². The first-order chi connectivity index (χ1) is 23.9. The number of nitrogens with one attached hydrogen (secondary N) is 1. The second-order valence-electron chi connectivity index (χ2n) is 11.0. The molecular weight excluding hydrogens is 668 g/mol. The van der Waals surface area contributed by atoms with Gasteiger partial charge in [-0.2, -0.15) is 0 Å². The number of carbonyl (C=O) groups excluding carboxylic acids is 2. The highest BCUT2D eigenvalue weighted by molar-refractivity contribution is 7.09. The Hall–Kier alpha value is -5.66. The lowest BCUT2D eigenvalue weighted by molar-refractivity contribution is -0.140. The van der Waals surface area contributed by atoms with Crippen LogP contribution in [0.3, 0.4) is 0 Å². The number of para-hydroxylation sites is 1. The molecule has 2 amide bonds. The van der Waals surface area contributed by atoms with Crippen LogP contribution in [0.2, 0.25) is 5.02 Å². The Bertz CT molecular complexity index is 2150. The van der Waals surface area contributed by atoms with Crippen molar-refractivity contribution in [2.24, 2.45) is 0 Å². The van der Waals surface area contributed by atoms with Crippen molar-refractivity contribution in [3.63, 3.8) is 0 Å². The number of nitrogens with zero attached hydrogens (tertiary/aromatic N) is 5. The highest BCUT2D eigenvalue weighted by atomic mass is 35.5. The van der Waals surface area contributed by atoms with E-state index in [-0.39, 0.29) is 25.8 Å². The largest absolute Gasteiger partial charge is 0.493 e. The predicted octanol–water partition coefficient (Wildman–Crippen LogP) is 6.36. The number of hydrogen-bond donors (Lipinski definition) is 1. The van der Waals surface area contributed by atoms with Crippen molar-refractivity contribution in [3.05, 3.63) is 106 Å². The fraction of sp³-hybridized carbons (Fsp3) is 0.171. The zero-order valence-electron chi connectivity index (χ0n) is 26.3. The van der Waals surface area contributed by atoms with E-state index in [4.69, 9.17) is 35.5 Å². The van der Waals surface area contributed by atoms with Crippen LogP contribution in [-0.2, 0) is 22.7 Å². The number of rotatable bonds is 11. The molecule has 3 heterocycles. The van der Waals surface area contributed by atoms with Crippen molar-refractivity contribution in [1.29, 1.82) is 0 Å². The van der Waals surface area contributed by atoms with Crippen LogP contribution in [0.4, 0.5) is 5.69 Å². The Kier molecular flexibility index (Phi) is 9.01. The van der Waals surface area contributed by atoms with Gasteiger partial charge in [0.1, 0.15) is 23.1 Å². The van der Waals surface area contributed by atoms with Crippen molar-refractivity contribution in [1.82, 2.24) is 24.9 Å². The molecule has 0 saturated carbocycles. The Balaban J connectivity index is 1.30. The minimum atomic E-state index is -1.14. The SMILES string of the molecule is COc1ccc(C(C(=O)Nc2ccc3c(c2)OCO3)N(Cc2nc(-c3ccc(Cl)cc3)cs2)C(=O)Cn2nnc3ccccc32)cc1OC. The van der Waals surface area contributed by atoms with Crippen LogP contribution in [0, 0.1) is 0 Å². The van der Waals surface area contributed by atoms with Crippen molar-refractivity contribution in [2.45, 2.75) is 19.1 Å². The molecule has 6 aromatic rings. The van der Waals surface area contributed by atoms with Gasteiger partial charge in [0, 0.05) is 27.7 Å². The average molecular weight is 697 g/mol. The van der Waals surface area contributed by atoms with E-state index in [2.05, 4.69) is 15.6 Å². The summed E-state index contributed by atoms with van der Waals surface area (Å²) in [6.45, 7) is -0.0830. The minimum Gasteiger partial charge on any atom is -0.493 e. The fourth-order valence-corrected chi connectivity index (χ4v) is 6.47. The van der Waals surface area contributed by atoms with Crippen molar-refractivity contribution >= 4 is 51.5 Å². The molecule has 248 valence electrons. The summed E-state index contributed by atoms with van der Waals surface area (Å²) in [7, 11) is 3.04. The number of hydrogen-bond acceptors (Lipinski definition) is 10. The maximum absolute atomic E-state index is 14.5. The summed E-state index contributed by atoms with van der Waals surface area (Å²) in [5.74, 6) is 1.09. The molecule has 0 aliphatic carbocycles. The third kappa shape index (κ3) is 6.71. The summed E-state index contributed by atoms with van der Waals surface area (Å²) in [6, 6.07) is 23.8. The van der Waals surface area contributed by atoms with E-state index in [1.165, 1.54) is 35.1 Å². The zero-order valence-corrected chi connectivity index (χ0v) is 27.9. The van der Waals surface area contributed by atoms with Gasteiger partial charge in [-0.05, 0) is 54.1 Å². The van der Waals surface area contributed by atoms with Crippen LogP contribution in [0.25, 0.3) is 22.3 Å². The van der Waals surface area contributed by atoms with E-state index in [1.54, 1.807) is 48.5 Å². The van der Waals surface area contributed by atoms with Crippen molar-refractivity contribution in [3.8, 4) is 34.3 Å². The van der Waals surface area contributed by atoms with Crippen LogP contribution >= 0.6 is 22.9 Å². The Morgan fingerprint density at radius 1 is 0.980 bits per heavy atom.